The van der Waals surface area contributed by atoms with Gasteiger partial charge in [-0.25, -0.2) is 9.97 Å². The molecule has 2 N–H and O–H groups in total. The van der Waals surface area contributed by atoms with E-state index in [0.29, 0.717) is 5.92 Å². The van der Waals surface area contributed by atoms with Crippen LogP contribution in [0.5, 0.6) is 0 Å². The van der Waals surface area contributed by atoms with Crippen molar-refractivity contribution in [2.24, 2.45) is 5.92 Å². The summed E-state index contributed by atoms with van der Waals surface area (Å²) in [6.45, 7) is 8.10. The van der Waals surface area contributed by atoms with Gasteiger partial charge in [0.05, 0.1) is 11.9 Å². The summed E-state index contributed by atoms with van der Waals surface area (Å²) in [7, 11) is 0. The molecule has 0 aliphatic carbocycles. The van der Waals surface area contributed by atoms with Crippen molar-refractivity contribution in [1.29, 1.82) is 0 Å². The van der Waals surface area contributed by atoms with Gasteiger partial charge in [-0.05, 0) is 38.8 Å². The van der Waals surface area contributed by atoms with E-state index in [9.17, 15) is 0 Å². The fraction of sp³-hybridized carbons (Fsp3) is 0.571. The topological polar surface area (TPSA) is 62.5 Å². The van der Waals surface area contributed by atoms with E-state index in [4.69, 9.17) is 5.11 Å². The Kier molecular flexibility index (Phi) is 4.50. The predicted octanol–water partition coefficient (Wildman–Crippen LogP) is 1.45. The Morgan fingerprint density at radius 3 is 2.95 bits per heavy atom. The van der Waals surface area contributed by atoms with Crippen LogP contribution in [0.25, 0.3) is 5.78 Å². The maximum absolute atomic E-state index is 8.87. The van der Waals surface area contributed by atoms with Gasteiger partial charge in [0.1, 0.15) is 0 Å². The van der Waals surface area contributed by atoms with Crippen molar-refractivity contribution in [3.63, 3.8) is 0 Å². The molecule has 1 atom stereocenters. The number of imidazole rings is 1. The number of aliphatic hydroxyl groups is 1. The van der Waals surface area contributed by atoms with E-state index in [1.165, 1.54) is 0 Å². The molecule has 0 fully saturated rings. The number of nitrogens with zero attached hydrogens (tertiary/aromatic N) is 3. The fourth-order valence-corrected chi connectivity index (χ4v) is 2.29. The minimum absolute atomic E-state index is 0.251. The van der Waals surface area contributed by atoms with Crippen LogP contribution in [0.4, 0.5) is 0 Å². The molecule has 104 valence electrons. The van der Waals surface area contributed by atoms with Gasteiger partial charge in [-0.2, -0.15) is 0 Å². The van der Waals surface area contributed by atoms with Crippen LogP contribution < -0.4 is 5.32 Å². The lowest BCUT2D eigenvalue weighted by atomic mass is 10.1. The molecular formula is C14H22N4O. The molecule has 0 saturated carbocycles. The summed E-state index contributed by atoms with van der Waals surface area (Å²) in [5.41, 5.74) is 3.27. The van der Waals surface area contributed by atoms with E-state index >= 15 is 0 Å². The highest BCUT2D eigenvalue weighted by Crippen LogP contribution is 2.10. The number of fused-ring (bicyclic) bond motifs is 1. The Morgan fingerprint density at radius 1 is 1.42 bits per heavy atom. The summed E-state index contributed by atoms with van der Waals surface area (Å²) in [5, 5.41) is 12.3. The van der Waals surface area contributed by atoms with Crippen molar-refractivity contribution in [3.05, 3.63) is 29.3 Å². The molecule has 5 nitrogen and oxygen atoms in total. The standard InChI is InChI=1S/C14H22N4O/c1-10(4-5-19)7-15-8-13-9-16-14-17-11(2)6-12(3)18(13)14/h6,9-10,15,19H,4-5,7-8H2,1-3H3. The SMILES string of the molecule is Cc1cc(C)n2c(CNCC(C)CCO)cnc2n1. The van der Waals surface area contributed by atoms with Gasteiger partial charge in [0.15, 0.2) is 0 Å². The van der Waals surface area contributed by atoms with Crippen molar-refractivity contribution in [2.75, 3.05) is 13.2 Å². The van der Waals surface area contributed by atoms with Crippen LogP contribution in [-0.4, -0.2) is 32.6 Å². The third kappa shape index (κ3) is 3.30. The summed E-state index contributed by atoms with van der Waals surface area (Å²) in [6, 6.07) is 2.06. The zero-order chi connectivity index (χ0) is 13.8. The second-order valence-corrected chi connectivity index (χ2v) is 5.17. The molecule has 0 spiro atoms. The molecule has 0 aliphatic rings. The molecule has 2 rings (SSSR count). The molecule has 2 aromatic heterocycles. The lowest BCUT2D eigenvalue weighted by Crippen LogP contribution is -2.22. The van der Waals surface area contributed by atoms with Crippen LogP contribution in [0.1, 0.15) is 30.4 Å². The van der Waals surface area contributed by atoms with E-state index in [0.717, 1.165) is 42.4 Å². The van der Waals surface area contributed by atoms with Gasteiger partial charge >= 0.3 is 0 Å². The number of aromatic nitrogens is 3. The van der Waals surface area contributed by atoms with Crippen molar-refractivity contribution < 1.29 is 5.11 Å². The highest BCUT2D eigenvalue weighted by Gasteiger charge is 2.08. The van der Waals surface area contributed by atoms with Crippen LogP contribution in [0.3, 0.4) is 0 Å². The smallest absolute Gasteiger partial charge is 0.234 e. The Bertz CT molecular complexity index is 550. The maximum Gasteiger partial charge on any atom is 0.234 e. The highest BCUT2D eigenvalue weighted by atomic mass is 16.3. The van der Waals surface area contributed by atoms with Crippen LogP contribution in [0, 0.1) is 19.8 Å². The van der Waals surface area contributed by atoms with E-state index in [2.05, 4.69) is 39.6 Å². The van der Waals surface area contributed by atoms with Crippen LogP contribution in [0.15, 0.2) is 12.3 Å². The van der Waals surface area contributed by atoms with Crippen molar-refractivity contribution in [1.82, 2.24) is 19.7 Å². The van der Waals surface area contributed by atoms with E-state index in [1.54, 1.807) is 0 Å². The number of aryl methyl sites for hydroxylation is 2. The lowest BCUT2D eigenvalue weighted by molar-refractivity contribution is 0.260. The Morgan fingerprint density at radius 2 is 2.21 bits per heavy atom. The minimum Gasteiger partial charge on any atom is -0.396 e. The molecule has 19 heavy (non-hydrogen) atoms. The lowest BCUT2D eigenvalue weighted by Gasteiger charge is -2.11. The molecule has 5 heteroatoms. The van der Waals surface area contributed by atoms with Gasteiger partial charge in [-0.1, -0.05) is 6.92 Å². The largest absolute Gasteiger partial charge is 0.396 e. The van der Waals surface area contributed by atoms with Crippen LogP contribution >= 0.6 is 0 Å². The first kappa shape index (κ1) is 14.0. The zero-order valence-electron chi connectivity index (χ0n) is 11.8. The average molecular weight is 262 g/mol. The maximum atomic E-state index is 8.87. The molecule has 0 radical (unpaired) electrons. The van der Waals surface area contributed by atoms with E-state index in [-0.39, 0.29) is 6.61 Å². The number of hydrogen-bond donors (Lipinski definition) is 2. The fourth-order valence-electron chi connectivity index (χ4n) is 2.29. The molecule has 2 aromatic rings. The van der Waals surface area contributed by atoms with Crippen molar-refractivity contribution >= 4 is 5.78 Å². The molecule has 2 heterocycles. The summed E-state index contributed by atoms with van der Waals surface area (Å²) >= 11 is 0. The van der Waals surface area contributed by atoms with E-state index in [1.807, 2.05) is 13.1 Å². The summed E-state index contributed by atoms with van der Waals surface area (Å²) in [5.74, 6) is 1.24. The first-order chi connectivity index (χ1) is 9.11. The van der Waals surface area contributed by atoms with Crippen molar-refractivity contribution in [3.8, 4) is 0 Å². The first-order valence-corrected chi connectivity index (χ1v) is 6.74. The molecule has 0 bridgehead atoms. The van der Waals surface area contributed by atoms with Crippen molar-refractivity contribution in [2.45, 2.75) is 33.7 Å². The second kappa shape index (κ2) is 6.12. The molecular weight excluding hydrogens is 240 g/mol. The summed E-state index contributed by atoms with van der Waals surface area (Å²) in [6.07, 6.45) is 2.71. The van der Waals surface area contributed by atoms with Gasteiger partial charge in [0.2, 0.25) is 5.78 Å². The van der Waals surface area contributed by atoms with Gasteiger partial charge in [0.25, 0.3) is 0 Å². The monoisotopic (exact) mass is 262 g/mol. The molecule has 0 saturated heterocycles. The highest BCUT2D eigenvalue weighted by molar-refractivity contribution is 5.35. The predicted molar refractivity (Wildman–Crippen MR) is 75.0 cm³/mol. The molecule has 0 aliphatic heterocycles. The number of aliphatic hydroxyl groups excluding tert-OH is 1. The Hall–Kier alpha value is -1.46. The Balaban J connectivity index is 2.05. The third-order valence-electron chi connectivity index (χ3n) is 3.28. The minimum atomic E-state index is 0.251. The second-order valence-electron chi connectivity index (χ2n) is 5.17. The van der Waals surface area contributed by atoms with Gasteiger partial charge in [-0.15, -0.1) is 0 Å². The van der Waals surface area contributed by atoms with Gasteiger partial charge < -0.3 is 10.4 Å². The quantitative estimate of drug-likeness (QED) is 0.827. The Labute approximate surface area is 113 Å². The molecule has 0 aromatic carbocycles. The average Bonchev–Trinajstić information content (AvgIpc) is 2.72. The summed E-state index contributed by atoms with van der Waals surface area (Å²) < 4.78 is 2.08. The van der Waals surface area contributed by atoms with Crippen LogP contribution in [-0.2, 0) is 6.54 Å². The first-order valence-electron chi connectivity index (χ1n) is 6.74. The summed E-state index contributed by atoms with van der Waals surface area (Å²) in [4.78, 5) is 8.77. The zero-order valence-corrected chi connectivity index (χ0v) is 11.8. The number of hydrogen-bond acceptors (Lipinski definition) is 4. The van der Waals surface area contributed by atoms with Gasteiger partial charge in [0, 0.05) is 24.5 Å². The van der Waals surface area contributed by atoms with Crippen LogP contribution in [0.2, 0.25) is 0 Å². The van der Waals surface area contributed by atoms with Gasteiger partial charge in [-0.3, -0.25) is 4.40 Å². The molecule has 1 unspecified atom stereocenters. The molecule has 0 amide bonds. The van der Waals surface area contributed by atoms with E-state index < -0.39 is 0 Å². The third-order valence-corrected chi connectivity index (χ3v) is 3.28. The number of rotatable bonds is 6. The number of nitrogens with one attached hydrogen (secondary N) is 1. The normalized spacial score (nSPS) is 13.1.